The van der Waals surface area contributed by atoms with Crippen molar-refractivity contribution in [1.29, 1.82) is 0 Å². The standard InChI is InChI=1S/C13H13NO3S/c1-8-13(15-2)18-12(14-8)9-3-4-10-11(7-9)17-6-5-16-10/h3-4,7H,5-6H2,1-2H3. The third-order valence-electron chi connectivity index (χ3n) is 2.73. The number of hydrogen-bond donors (Lipinski definition) is 0. The van der Waals surface area contributed by atoms with E-state index in [1.165, 1.54) is 11.3 Å². The van der Waals surface area contributed by atoms with Crippen LogP contribution in [0.2, 0.25) is 0 Å². The topological polar surface area (TPSA) is 40.6 Å². The van der Waals surface area contributed by atoms with Gasteiger partial charge in [-0.2, -0.15) is 0 Å². The maximum absolute atomic E-state index is 5.57. The minimum Gasteiger partial charge on any atom is -0.486 e. The average Bonchev–Trinajstić information content (AvgIpc) is 2.79. The van der Waals surface area contributed by atoms with E-state index in [0.29, 0.717) is 13.2 Å². The number of fused-ring (bicyclic) bond motifs is 1. The van der Waals surface area contributed by atoms with E-state index in [4.69, 9.17) is 14.2 Å². The van der Waals surface area contributed by atoms with Crippen molar-refractivity contribution in [3.8, 4) is 27.1 Å². The van der Waals surface area contributed by atoms with Crippen LogP contribution in [0.3, 0.4) is 0 Å². The molecule has 0 spiro atoms. The zero-order valence-electron chi connectivity index (χ0n) is 10.2. The number of aromatic nitrogens is 1. The first-order valence-electron chi connectivity index (χ1n) is 5.69. The monoisotopic (exact) mass is 263 g/mol. The van der Waals surface area contributed by atoms with Gasteiger partial charge in [0.15, 0.2) is 16.6 Å². The average molecular weight is 263 g/mol. The number of methoxy groups -OCH3 is 1. The fourth-order valence-corrected chi connectivity index (χ4v) is 2.75. The molecule has 0 N–H and O–H groups in total. The third-order valence-corrected chi connectivity index (χ3v) is 3.90. The summed E-state index contributed by atoms with van der Waals surface area (Å²) in [6.45, 7) is 3.14. The van der Waals surface area contributed by atoms with E-state index in [0.717, 1.165) is 32.8 Å². The van der Waals surface area contributed by atoms with Gasteiger partial charge in [-0.05, 0) is 25.1 Å². The summed E-state index contributed by atoms with van der Waals surface area (Å²) < 4.78 is 16.3. The van der Waals surface area contributed by atoms with E-state index >= 15 is 0 Å². The largest absolute Gasteiger partial charge is 0.486 e. The van der Waals surface area contributed by atoms with Crippen LogP contribution in [-0.2, 0) is 0 Å². The quantitative estimate of drug-likeness (QED) is 0.835. The van der Waals surface area contributed by atoms with Crippen molar-refractivity contribution in [3.63, 3.8) is 0 Å². The lowest BCUT2D eigenvalue weighted by molar-refractivity contribution is 0.171. The number of ether oxygens (including phenoxy) is 3. The molecule has 1 aromatic carbocycles. The minimum absolute atomic E-state index is 0.594. The first-order chi connectivity index (χ1) is 8.78. The Labute approximate surface area is 109 Å². The molecule has 1 aromatic heterocycles. The van der Waals surface area contributed by atoms with Crippen molar-refractivity contribution in [2.24, 2.45) is 0 Å². The molecule has 1 aliphatic heterocycles. The van der Waals surface area contributed by atoms with E-state index in [1.807, 2.05) is 25.1 Å². The summed E-state index contributed by atoms with van der Waals surface area (Å²) >= 11 is 1.53. The number of benzene rings is 1. The van der Waals surface area contributed by atoms with Gasteiger partial charge in [-0.25, -0.2) is 4.98 Å². The summed E-state index contributed by atoms with van der Waals surface area (Å²) in [6, 6.07) is 5.88. The summed E-state index contributed by atoms with van der Waals surface area (Å²) in [4.78, 5) is 4.50. The molecule has 0 unspecified atom stereocenters. The van der Waals surface area contributed by atoms with Gasteiger partial charge in [-0.3, -0.25) is 0 Å². The molecule has 0 saturated carbocycles. The predicted octanol–water partition coefficient (Wildman–Crippen LogP) is 2.90. The maximum Gasteiger partial charge on any atom is 0.197 e. The van der Waals surface area contributed by atoms with E-state index in [-0.39, 0.29) is 0 Å². The van der Waals surface area contributed by atoms with Gasteiger partial charge in [0.05, 0.1) is 12.8 Å². The maximum atomic E-state index is 5.57. The normalized spacial score (nSPS) is 13.4. The Kier molecular flexibility index (Phi) is 2.83. The zero-order chi connectivity index (χ0) is 12.5. The van der Waals surface area contributed by atoms with Crippen LogP contribution >= 0.6 is 11.3 Å². The summed E-state index contributed by atoms with van der Waals surface area (Å²) in [5.41, 5.74) is 1.93. The second kappa shape index (κ2) is 4.49. The van der Waals surface area contributed by atoms with Crippen LogP contribution < -0.4 is 14.2 Å². The molecule has 0 atom stereocenters. The Bertz CT molecular complexity index is 580. The van der Waals surface area contributed by atoms with Gasteiger partial charge in [0.2, 0.25) is 0 Å². The van der Waals surface area contributed by atoms with E-state index < -0.39 is 0 Å². The molecule has 0 aliphatic carbocycles. The minimum atomic E-state index is 0.594. The van der Waals surface area contributed by atoms with Crippen LogP contribution in [0.25, 0.3) is 10.6 Å². The van der Waals surface area contributed by atoms with E-state index in [1.54, 1.807) is 7.11 Å². The van der Waals surface area contributed by atoms with Crippen LogP contribution in [-0.4, -0.2) is 25.3 Å². The molecule has 4 nitrogen and oxygen atoms in total. The van der Waals surface area contributed by atoms with E-state index in [9.17, 15) is 0 Å². The van der Waals surface area contributed by atoms with Gasteiger partial charge in [-0.15, -0.1) is 0 Å². The van der Waals surface area contributed by atoms with Crippen molar-refractivity contribution in [3.05, 3.63) is 23.9 Å². The molecule has 3 rings (SSSR count). The number of rotatable bonds is 2. The van der Waals surface area contributed by atoms with Crippen molar-refractivity contribution in [2.75, 3.05) is 20.3 Å². The van der Waals surface area contributed by atoms with Crippen LogP contribution in [0, 0.1) is 6.92 Å². The van der Waals surface area contributed by atoms with Crippen LogP contribution in [0.5, 0.6) is 16.6 Å². The van der Waals surface area contributed by atoms with Crippen molar-refractivity contribution >= 4 is 11.3 Å². The molecule has 94 valence electrons. The fraction of sp³-hybridized carbons (Fsp3) is 0.308. The van der Waals surface area contributed by atoms with Crippen molar-refractivity contribution < 1.29 is 14.2 Å². The summed E-state index contributed by atoms with van der Waals surface area (Å²) in [6.07, 6.45) is 0. The van der Waals surface area contributed by atoms with Gasteiger partial charge in [0, 0.05) is 5.56 Å². The molecule has 1 aliphatic rings. The Morgan fingerprint density at radius 2 is 2.00 bits per heavy atom. The number of thiazole rings is 1. The zero-order valence-corrected chi connectivity index (χ0v) is 11.0. The van der Waals surface area contributed by atoms with Gasteiger partial charge in [0.1, 0.15) is 18.2 Å². The number of hydrogen-bond acceptors (Lipinski definition) is 5. The Morgan fingerprint density at radius 1 is 1.22 bits per heavy atom. The Balaban J connectivity index is 2.00. The highest BCUT2D eigenvalue weighted by Gasteiger charge is 2.15. The Hall–Kier alpha value is -1.75. The second-order valence-corrected chi connectivity index (χ2v) is 4.92. The highest BCUT2D eigenvalue weighted by atomic mass is 32.1. The lowest BCUT2D eigenvalue weighted by Gasteiger charge is -2.18. The molecule has 2 heterocycles. The fourth-order valence-electron chi connectivity index (χ4n) is 1.87. The van der Waals surface area contributed by atoms with Crippen molar-refractivity contribution in [2.45, 2.75) is 6.92 Å². The lowest BCUT2D eigenvalue weighted by Crippen LogP contribution is -2.15. The van der Waals surface area contributed by atoms with Crippen LogP contribution in [0.15, 0.2) is 18.2 Å². The van der Waals surface area contributed by atoms with Crippen LogP contribution in [0.1, 0.15) is 5.69 Å². The summed E-state index contributed by atoms with van der Waals surface area (Å²) in [5.74, 6) is 1.58. The Morgan fingerprint density at radius 3 is 2.72 bits per heavy atom. The number of aryl methyl sites for hydroxylation is 1. The molecule has 0 radical (unpaired) electrons. The van der Waals surface area contributed by atoms with Crippen LogP contribution in [0.4, 0.5) is 0 Å². The van der Waals surface area contributed by atoms with Gasteiger partial charge < -0.3 is 14.2 Å². The SMILES string of the molecule is COc1sc(-c2ccc3c(c2)OCCO3)nc1C. The molecule has 2 aromatic rings. The highest BCUT2D eigenvalue weighted by molar-refractivity contribution is 7.17. The van der Waals surface area contributed by atoms with Gasteiger partial charge >= 0.3 is 0 Å². The molecule has 5 heteroatoms. The predicted molar refractivity (Wildman–Crippen MR) is 69.8 cm³/mol. The smallest absolute Gasteiger partial charge is 0.197 e. The molecule has 0 fully saturated rings. The van der Waals surface area contributed by atoms with E-state index in [2.05, 4.69) is 4.98 Å². The lowest BCUT2D eigenvalue weighted by atomic mass is 10.2. The first-order valence-corrected chi connectivity index (χ1v) is 6.51. The summed E-state index contributed by atoms with van der Waals surface area (Å²) in [7, 11) is 1.66. The third kappa shape index (κ3) is 1.90. The van der Waals surface area contributed by atoms with Gasteiger partial charge in [-0.1, -0.05) is 11.3 Å². The molecule has 0 amide bonds. The highest BCUT2D eigenvalue weighted by Crippen LogP contribution is 2.38. The second-order valence-electron chi connectivity index (χ2n) is 3.95. The van der Waals surface area contributed by atoms with Crippen molar-refractivity contribution in [1.82, 2.24) is 4.98 Å². The molecular weight excluding hydrogens is 250 g/mol. The number of nitrogens with zero attached hydrogens (tertiary/aromatic N) is 1. The summed E-state index contributed by atoms with van der Waals surface area (Å²) in [5, 5.41) is 1.78. The first kappa shape index (κ1) is 11.3. The molecule has 0 bridgehead atoms. The molecular formula is C13H13NO3S. The van der Waals surface area contributed by atoms with Gasteiger partial charge in [0.25, 0.3) is 0 Å². The molecule has 0 saturated heterocycles. The molecule has 18 heavy (non-hydrogen) atoms.